The molecular formula is C12H22N2OS. The normalized spacial score (nSPS) is 18.9. The van der Waals surface area contributed by atoms with Crippen LogP contribution in [0.3, 0.4) is 0 Å². The van der Waals surface area contributed by atoms with Crippen molar-refractivity contribution >= 4 is 23.1 Å². The van der Waals surface area contributed by atoms with Crippen LogP contribution in [0.25, 0.3) is 0 Å². The van der Waals surface area contributed by atoms with Gasteiger partial charge >= 0.3 is 0 Å². The summed E-state index contributed by atoms with van der Waals surface area (Å²) in [5.74, 6) is 0.799. The van der Waals surface area contributed by atoms with Crippen molar-refractivity contribution in [3.8, 4) is 0 Å². The van der Waals surface area contributed by atoms with E-state index in [2.05, 4.69) is 0 Å². The smallest absolute Gasteiger partial charge is 0.235 e. The Balaban J connectivity index is 2.74. The maximum Gasteiger partial charge on any atom is 0.235 e. The van der Waals surface area contributed by atoms with Gasteiger partial charge in [0.25, 0.3) is 0 Å². The number of thiocarbonyl (C=S) groups is 1. The summed E-state index contributed by atoms with van der Waals surface area (Å²) >= 11 is 5.03. The molecule has 0 aromatic heterocycles. The lowest BCUT2D eigenvalue weighted by Crippen LogP contribution is -2.49. The minimum absolute atomic E-state index is 0.0944. The van der Waals surface area contributed by atoms with Crippen molar-refractivity contribution in [3.63, 3.8) is 0 Å². The van der Waals surface area contributed by atoms with E-state index in [1.54, 1.807) is 0 Å². The van der Waals surface area contributed by atoms with Crippen molar-refractivity contribution < 1.29 is 4.79 Å². The lowest BCUT2D eigenvalue weighted by Gasteiger charge is -2.32. The molecular weight excluding hydrogens is 220 g/mol. The van der Waals surface area contributed by atoms with Crippen molar-refractivity contribution in [3.05, 3.63) is 0 Å². The van der Waals surface area contributed by atoms with E-state index in [1.807, 2.05) is 25.7 Å². The first-order chi connectivity index (χ1) is 7.45. The van der Waals surface area contributed by atoms with Crippen LogP contribution in [0.1, 0.15) is 40.0 Å². The summed E-state index contributed by atoms with van der Waals surface area (Å²) in [6, 6.07) is 0. The third-order valence-electron chi connectivity index (χ3n) is 3.57. The minimum Gasteiger partial charge on any atom is -0.392 e. The molecule has 0 spiro atoms. The minimum atomic E-state index is -0.666. The first-order valence-electron chi connectivity index (χ1n) is 6.05. The Morgan fingerprint density at radius 3 is 2.38 bits per heavy atom. The van der Waals surface area contributed by atoms with E-state index in [4.69, 9.17) is 18.0 Å². The molecule has 3 nitrogen and oxygen atoms in total. The molecule has 4 heteroatoms. The summed E-state index contributed by atoms with van der Waals surface area (Å²) in [4.78, 5) is 14.6. The van der Waals surface area contributed by atoms with Crippen LogP contribution in [0.2, 0.25) is 0 Å². The molecule has 1 fully saturated rings. The predicted octanol–water partition coefficient (Wildman–Crippen LogP) is 1.95. The van der Waals surface area contributed by atoms with Crippen molar-refractivity contribution in [1.29, 1.82) is 0 Å². The van der Waals surface area contributed by atoms with Crippen molar-refractivity contribution in [2.24, 2.45) is 17.1 Å². The van der Waals surface area contributed by atoms with Crippen molar-refractivity contribution in [2.75, 3.05) is 13.1 Å². The van der Waals surface area contributed by atoms with Crippen LogP contribution < -0.4 is 5.73 Å². The van der Waals surface area contributed by atoms with Gasteiger partial charge in [0.15, 0.2) is 0 Å². The zero-order valence-electron chi connectivity index (χ0n) is 10.5. The summed E-state index contributed by atoms with van der Waals surface area (Å²) < 4.78 is 0. The summed E-state index contributed by atoms with van der Waals surface area (Å²) in [5, 5.41) is 0. The number of hydrogen-bond acceptors (Lipinski definition) is 2. The van der Waals surface area contributed by atoms with E-state index in [1.165, 1.54) is 12.8 Å². The van der Waals surface area contributed by atoms with Gasteiger partial charge in [-0.1, -0.05) is 19.1 Å². The zero-order chi connectivity index (χ0) is 12.3. The maximum atomic E-state index is 12.4. The molecule has 1 atom stereocenters. The topological polar surface area (TPSA) is 46.3 Å². The van der Waals surface area contributed by atoms with Crippen LogP contribution in [0, 0.1) is 11.3 Å². The van der Waals surface area contributed by atoms with Gasteiger partial charge in [0.1, 0.15) is 0 Å². The van der Waals surface area contributed by atoms with Crippen LogP contribution >= 0.6 is 12.2 Å². The van der Waals surface area contributed by atoms with Gasteiger partial charge in [0.05, 0.1) is 10.4 Å². The van der Waals surface area contributed by atoms with Gasteiger partial charge in [-0.2, -0.15) is 0 Å². The summed E-state index contributed by atoms with van der Waals surface area (Å²) in [6.45, 7) is 7.44. The second-order valence-corrected chi connectivity index (χ2v) is 5.28. The van der Waals surface area contributed by atoms with Crippen molar-refractivity contribution in [1.82, 2.24) is 4.90 Å². The molecule has 16 heavy (non-hydrogen) atoms. The van der Waals surface area contributed by atoms with E-state index >= 15 is 0 Å². The number of carbonyl (C=O) groups is 1. The fourth-order valence-electron chi connectivity index (χ4n) is 1.75. The Hall–Kier alpha value is -0.640. The third-order valence-corrected chi connectivity index (χ3v) is 4.02. The average Bonchev–Trinajstić information content (AvgIpc) is 3.07. The molecule has 0 saturated heterocycles. The first kappa shape index (κ1) is 13.4. The van der Waals surface area contributed by atoms with E-state index in [0.717, 1.165) is 13.1 Å². The highest BCUT2D eigenvalue weighted by Crippen LogP contribution is 2.32. The third kappa shape index (κ3) is 2.73. The summed E-state index contributed by atoms with van der Waals surface area (Å²) in [5.41, 5.74) is 5.04. The second-order valence-electron chi connectivity index (χ2n) is 4.84. The van der Waals surface area contributed by atoms with Crippen LogP contribution in [0.5, 0.6) is 0 Å². The molecule has 1 amide bonds. The highest BCUT2D eigenvalue weighted by Gasteiger charge is 2.39. The van der Waals surface area contributed by atoms with Gasteiger partial charge in [-0.05, 0) is 39.0 Å². The van der Waals surface area contributed by atoms with Crippen LogP contribution in [-0.2, 0) is 4.79 Å². The van der Waals surface area contributed by atoms with Gasteiger partial charge in [-0.15, -0.1) is 0 Å². The quantitative estimate of drug-likeness (QED) is 0.724. The molecule has 1 rings (SSSR count). The van der Waals surface area contributed by atoms with E-state index in [-0.39, 0.29) is 5.91 Å². The molecule has 1 aliphatic carbocycles. The fourth-order valence-corrected chi connectivity index (χ4v) is 1.98. The first-order valence-corrected chi connectivity index (χ1v) is 6.45. The van der Waals surface area contributed by atoms with Gasteiger partial charge in [-0.25, -0.2) is 0 Å². The number of nitrogens with zero attached hydrogens (tertiary/aromatic N) is 1. The number of hydrogen-bond donors (Lipinski definition) is 1. The molecule has 2 N–H and O–H groups in total. The standard InChI is InChI=1S/C12H22N2OS/c1-4-12(3,10(13)16)11(15)14(5-2)8-9-6-7-9/h9H,4-8H2,1-3H3,(H2,13,16). The summed E-state index contributed by atoms with van der Waals surface area (Å²) in [7, 11) is 0. The molecule has 1 unspecified atom stereocenters. The SMILES string of the molecule is CCN(CC1CC1)C(=O)C(C)(CC)C(N)=S. The number of carbonyl (C=O) groups excluding carboxylic acids is 1. The lowest BCUT2D eigenvalue weighted by molar-refractivity contribution is -0.137. The number of nitrogens with two attached hydrogens (primary N) is 1. The Morgan fingerprint density at radius 1 is 1.50 bits per heavy atom. The van der Waals surface area contributed by atoms with Crippen LogP contribution in [-0.4, -0.2) is 28.9 Å². The second kappa shape index (κ2) is 5.13. The summed E-state index contributed by atoms with van der Waals surface area (Å²) in [6.07, 6.45) is 3.17. The van der Waals surface area contributed by atoms with Gasteiger partial charge in [0.2, 0.25) is 5.91 Å². The lowest BCUT2D eigenvalue weighted by atomic mass is 9.85. The Bertz CT molecular complexity index is 289. The molecule has 0 aromatic rings. The fraction of sp³-hybridized carbons (Fsp3) is 0.833. The van der Waals surface area contributed by atoms with Gasteiger partial charge in [-0.3, -0.25) is 4.79 Å². The van der Waals surface area contributed by atoms with Crippen LogP contribution in [0.15, 0.2) is 0 Å². The molecule has 0 bridgehead atoms. The molecule has 1 aliphatic rings. The molecule has 0 heterocycles. The molecule has 1 saturated carbocycles. The van der Waals surface area contributed by atoms with Gasteiger partial charge in [0, 0.05) is 13.1 Å². The zero-order valence-corrected chi connectivity index (χ0v) is 11.3. The molecule has 0 aromatic carbocycles. The monoisotopic (exact) mass is 242 g/mol. The Morgan fingerprint density at radius 2 is 2.06 bits per heavy atom. The van der Waals surface area contributed by atoms with Gasteiger partial charge < -0.3 is 10.6 Å². The molecule has 0 radical (unpaired) electrons. The van der Waals surface area contributed by atoms with Crippen molar-refractivity contribution in [2.45, 2.75) is 40.0 Å². The van der Waals surface area contributed by atoms with Crippen LogP contribution in [0.4, 0.5) is 0 Å². The highest BCUT2D eigenvalue weighted by atomic mass is 32.1. The van der Waals surface area contributed by atoms with E-state index < -0.39 is 5.41 Å². The maximum absolute atomic E-state index is 12.4. The molecule has 92 valence electrons. The highest BCUT2D eigenvalue weighted by molar-refractivity contribution is 7.80. The predicted molar refractivity (Wildman–Crippen MR) is 70.2 cm³/mol. The number of rotatable bonds is 6. The van der Waals surface area contributed by atoms with E-state index in [9.17, 15) is 4.79 Å². The largest absolute Gasteiger partial charge is 0.392 e. The molecule has 0 aliphatic heterocycles. The van der Waals surface area contributed by atoms with E-state index in [0.29, 0.717) is 17.3 Å². The Kier molecular flexibility index (Phi) is 4.30. The number of amides is 1. The Labute approximate surface area is 103 Å². The average molecular weight is 242 g/mol.